The number of para-hydroxylation sites is 1. The molecule has 1 unspecified atom stereocenters. The second-order valence-electron chi connectivity index (χ2n) is 9.87. The van der Waals surface area contributed by atoms with Crippen molar-refractivity contribution >= 4 is 50.7 Å². The maximum Gasteiger partial charge on any atom is 0.244 e. The molecule has 0 spiro atoms. The lowest BCUT2D eigenvalue weighted by molar-refractivity contribution is -0.140. The van der Waals surface area contributed by atoms with Gasteiger partial charge in [0.1, 0.15) is 12.6 Å². The number of hydrogen-bond acceptors (Lipinski definition) is 4. The van der Waals surface area contributed by atoms with Crippen LogP contribution in [0.25, 0.3) is 0 Å². The van der Waals surface area contributed by atoms with Gasteiger partial charge >= 0.3 is 0 Å². The number of carbonyl (C=O) groups is 2. The van der Waals surface area contributed by atoms with Crippen LogP contribution in [0.3, 0.4) is 0 Å². The molecule has 2 amide bonds. The number of halogens is 2. The van der Waals surface area contributed by atoms with E-state index in [1.54, 1.807) is 30.3 Å². The van der Waals surface area contributed by atoms with Crippen molar-refractivity contribution in [2.45, 2.75) is 52.1 Å². The average molecular weight is 619 g/mol. The summed E-state index contributed by atoms with van der Waals surface area (Å²) in [5.41, 5.74) is 2.76. The Morgan fingerprint density at radius 1 is 0.902 bits per heavy atom. The van der Waals surface area contributed by atoms with E-state index in [4.69, 9.17) is 23.2 Å². The Hall–Kier alpha value is -3.07. The van der Waals surface area contributed by atoms with Gasteiger partial charge in [-0.2, -0.15) is 0 Å². The first-order valence-corrected chi connectivity index (χ1v) is 16.3. The second kappa shape index (κ2) is 15.2. The minimum atomic E-state index is -3.84. The summed E-state index contributed by atoms with van der Waals surface area (Å²) in [5, 5.41) is 3.65. The molecule has 3 rings (SSSR count). The third-order valence-electron chi connectivity index (χ3n) is 6.76. The fourth-order valence-electron chi connectivity index (χ4n) is 4.54. The number of benzene rings is 3. The summed E-state index contributed by atoms with van der Waals surface area (Å²) < 4.78 is 27.1. The molecule has 0 aromatic heterocycles. The number of anilines is 1. The lowest BCUT2D eigenvalue weighted by Crippen LogP contribution is -2.53. The maximum absolute atomic E-state index is 14.2. The Bertz CT molecular complexity index is 1430. The summed E-state index contributed by atoms with van der Waals surface area (Å²) in [6, 6.07) is 20.6. The van der Waals surface area contributed by atoms with E-state index in [1.807, 2.05) is 56.3 Å². The second-order valence-corrected chi connectivity index (χ2v) is 12.6. The zero-order valence-electron chi connectivity index (χ0n) is 23.6. The molecule has 0 aliphatic heterocycles. The Labute approximate surface area is 253 Å². The Morgan fingerprint density at radius 2 is 1.59 bits per heavy atom. The van der Waals surface area contributed by atoms with Crippen LogP contribution >= 0.6 is 23.2 Å². The van der Waals surface area contributed by atoms with Gasteiger partial charge in [0.15, 0.2) is 0 Å². The van der Waals surface area contributed by atoms with Crippen LogP contribution in [-0.2, 0) is 39.0 Å². The van der Waals surface area contributed by atoms with Crippen molar-refractivity contribution in [3.05, 3.63) is 99.5 Å². The van der Waals surface area contributed by atoms with Crippen molar-refractivity contribution in [2.24, 2.45) is 0 Å². The number of unbranched alkanes of at least 4 members (excludes halogenated alkanes) is 1. The molecule has 10 heteroatoms. The number of nitrogens with zero attached hydrogens (tertiary/aromatic N) is 2. The fraction of sp³-hybridized carbons (Fsp3) is 0.355. The highest BCUT2D eigenvalue weighted by atomic mass is 35.5. The number of aryl methyl sites for hydroxylation is 1. The third-order valence-corrected chi connectivity index (χ3v) is 8.62. The molecule has 1 N–H and O–H groups in total. The van der Waals surface area contributed by atoms with E-state index >= 15 is 0 Å². The first kappa shape index (κ1) is 32.4. The standard InChI is InChI=1S/C31H37Cl2N3O4S/c1-4-6-18-34-31(38)29(20-23-12-8-7-9-13-23)35(21-24-16-17-26(32)27(33)19-24)30(37)22-36(41(3,39)40)28-15-11-10-14-25(28)5-2/h7-17,19,29H,4-6,18,20-22H2,1-3H3,(H,34,38). The van der Waals surface area contributed by atoms with Gasteiger partial charge in [-0.25, -0.2) is 8.42 Å². The first-order chi connectivity index (χ1) is 19.5. The quantitative estimate of drug-likeness (QED) is 0.229. The van der Waals surface area contributed by atoms with E-state index in [-0.39, 0.29) is 18.9 Å². The molecule has 3 aromatic carbocycles. The van der Waals surface area contributed by atoms with Crippen LogP contribution in [0, 0.1) is 0 Å². The summed E-state index contributed by atoms with van der Waals surface area (Å²) in [6.45, 7) is 3.98. The molecule has 0 aliphatic carbocycles. The molecule has 1 atom stereocenters. The molecular weight excluding hydrogens is 581 g/mol. The number of sulfonamides is 1. The van der Waals surface area contributed by atoms with E-state index in [0.717, 1.165) is 34.5 Å². The van der Waals surface area contributed by atoms with Gasteiger partial charge in [0.25, 0.3) is 0 Å². The van der Waals surface area contributed by atoms with Crippen molar-refractivity contribution in [2.75, 3.05) is 23.7 Å². The Balaban J connectivity index is 2.07. The predicted molar refractivity (Wildman–Crippen MR) is 167 cm³/mol. The summed E-state index contributed by atoms with van der Waals surface area (Å²) >= 11 is 12.4. The molecule has 0 saturated carbocycles. The largest absolute Gasteiger partial charge is 0.354 e. The number of nitrogens with one attached hydrogen (secondary N) is 1. The van der Waals surface area contributed by atoms with Gasteiger partial charge in [0, 0.05) is 19.5 Å². The Morgan fingerprint density at radius 3 is 2.22 bits per heavy atom. The monoisotopic (exact) mass is 617 g/mol. The van der Waals surface area contributed by atoms with Crippen molar-refractivity contribution in [1.82, 2.24) is 10.2 Å². The van der Waals surface area contributed by atoms with Crippen LogP contribution in [0.15, 0.2) is 72.8 Å². The molecule has 0 heterocycles. The van der Waals surface area contributed by atoms with E-state index in [2.05, 4.69) is 5.32 Å². The molecule has 3 aromatic rings. The fourth-order valence-corrected chi connectivity index (χ4v) is 5.74. The topological polar surface area (TPSA) is 86.8 Å². The van der Waals surface area contributed by atoms with Crippen molar-refractivity contribution in [1.29, 1.82) is 0 Å². The van der Waals surface area contributed by atoms with E-state index in [9.17, 15) is 18.0 Å². The molecular formula is C31H37Cl2N3O4S. The minimum absolute atomic E-state index is 0.0292. The third kappa shape index (κ3) is 9.21. The summed E-state index contributed by atoms with van der Waals surface area (Å²) in [5.74, 6) is -0.824. The van der Waals surface area contributed by atoms with Gasteiger partial charge in [0.05, 0.1) is 22.0 Å². The Kier molecular flexibility index (Phi) is 12.1. The number of rotatable bonds is 14. The van der Waals surface area contributed by atoms with Crippen LogP contribution in [0.2, 0.25) is 10.0 Å². The van der Waals surface area contributed by atoms with E-state index in [0.29, 0.717) is 34.3 Å². The molecule has 41 heavy (non-hydrogen) atoms. The van der Waals surface area contributed by atoms with Crippen molar-refractivity contribution < 1.29 is 18.0 Å². The van der Waals surface area contributed by atoms with Gasteiger partial charge in [-0.1, -0.05) is 98.1 Å². The lowest BCUT2D eigenvalue weighted by Gasteiger charge is -2.34. The van der Waals surface area contributed by atoms with E-state index in [1.165, 1.54) is 4.90 Å². The predicted octanol–water partition coefficient (Wildman–Crippen LogP) is 5.88. The van der Waals surface area contributed by atoms with Crippen LogP contribution < -0.4 is 9.62 Å². The number of amides is 2. The van der Waals surface area contributed by atoms with Gasteiger partial charge in [-0.3, -0.25) is 13.9 Å². The van der Waals surface area contributed by atoms with Crippen LogP contribution in [0.4, 0.5) is 5.69 Å². The van der Waals surface area contributed by atoms with Crippen molar-refractivity contribution in [3.63, 3.8) is 0 Å². The van der Waals surface area contributed by atoms with Crippen molar-refractivity contribution in [3.8, 4) is 0 Å². The summed E-state index contributed by atoms with van der Waals surface area (Å²) in [6.07, 6.45) is 3.60. The van der Waals surface area contributed by atoms with E-state index < -0.39 is 28.5 Å². The zero-order valence-corrected chi connectivity index (χ0v) is 26.0. The molecule has 0 radical (unpaired) electrons. The minimum Gasteiger partial charge on any atom is -0.354 e. The van der Waals surface area contributed by atoms with Gasteiger partial charge in [-0.15, -0.1) is 0 Å². The lowest BCUT2D eigenvalue weighted by atomic mass is 10.0. The molecule has 7 nitrogen and oxygen atoms in total. The van der Waals surface area contributed by atoms with Crippen LogP contribution in [0.5, 0.6) is 0 Å². The highest BCUT2D eigenvalue weighted by Crippen LogP contribution is 2.26. The van der Waals surface area contributed by atoms with Crippen LogP contribution in [-0.4, -0.2) is 50.5 Å². The molecule has 0 saturated heterocycles. The zero-order chi connectivity index (χ0) is 30.0. The smallest absolute Gasteiger partial charge is 0.244 e. The summed E-state index contributed by atoms with van der Waals surface area (Å²) in [7, 11) is -3.84. The SMILES string of the molecule is CCCCNC(=O)C(Cc1ccccc1)N(Cc1ccc(Cl)c(Cl)c1)C(=O)CN(c1ccccc1CC)S(C)(=O)=O. The maximum atomic E-state index is 14.2. The average Bonchev–Trinajstić information content (AvgIpc) is 2.95. The van der Waals surface area contributed by atoms with Crippen LogP contribution in [0.1, 0.15) is 43.4 Å². The number of carbonyl (C=O) groups excluding carboxylic acids is 2. The molecule has 0 bridgehead atoms. The molecule has 0 aliphatic rings. The normalized spacial score (nSPS) is 12.0. The van der Waals surface area contributed by atoms with Gasteiger partial charge in [0.2, 0.25) is 21.8 Å². The summed E-state index contributed by atoms with van der Waals surface area (Å²) in [4.78, 5) is 29.3. The van der Waals surface area contributed by atoms with Gasteiger partial charge < -0.3 is 10.2 Å². The molecule has 220 valence electrons. The molecule has 0 fully saturated rings. The first-order valence-electron chi connectivity index (χ1n) is 13.7. The highest BCUT2D eigenvalue weighted by Gasteiger charge is 2.33. The highest BCUT2D eigenvalue weighted by molar-refractivity contribution is 7.92. The number of hydrogen-bond donors (Lipinski definition) is 1. The van der Waals surface area contributed by atoms with Gasteiger partial charge in [-0.05, 0) is 47.7 Å².